The monoisotopic (exact) mass is 594 g/mol. The zero-order valence-electron chi connectivity index (χ0n) is 24.1. The second-order valence-corrected chi connectivity index (χ2v) is 12.6. The highest BCUT2D eigenvalue weighted by molar-refractivity contribution is 7.16. The molecule has 0 aliphatic carbocycles. The van der Waals surface area contributed by atoms with Crippen LogP contribution in [0, 0.1) is 18.6 Å². The molecule has 1 aliphatic rings. The Bertz CT molecular complexity index is 1690. The lowest BCUT2D eigenvalue weighted by Gasteiger charge is -2.48. The van der Waals surface area contributed by atoms with Gasteiger partial charge in [0.15, 0.2) is 5.13 Å². The van der Waals surface area contributed by atoms with Gasteiger partial charge in [-0.15, -0.1) is 0 Å². The Balaban J connectivity index is 1.26. The summed E-state index contributed by atoms with van der Waals surface area (Å²) in [6.45, 7) is 14.6. The first-order valence-electron chi connectivity index (χ1n) is 13.3. The van der Waals surface area contributed by atoms with Crippen molar-refractivity contribution >= 4 is 28.1 Å². The number of amides is 1. The lowest BCUT2D eigenvalue weighted by atomic mass is 9.93. The molecule has 5 rings (SSSR count). The summed E-state index contributed by atoms with van der Waals surface area (Å²) in [5.74, 6) is -1.45. The third-order valence-electron chi connectivity index (χ3n) is 6.80. The smallest absolute Gasteiger partial charge is 0.408 e. The Morgan fingerprint density at radius 2 is 1.79 bits per heavy atom. The number of anilines is 1. The summed E-state index contributed by atoms with van der Waals surface area (Å²) in [6, 6.07) is 10.7. The van der Waals surface area contributed by atoms with Crippen LogP contribution in [0.5, 0.6) is 0 Å². The lowest BCUT2D eigenvalue weighted by molar-refractivity contribution is 0.0445. The number of thiazole rings is 1. The largest absolute Gasteiger partial charge is 0.444 e. The van der Waals surface area contributed by atoms with Gasteiger partial charge in [0.25, 0.3) is 0 Å². The maximum absolute atomic E-state index is 14.1. The number of nitrogens with one attached hydrogen (secondary N) is 1. The van der Waals surface area contributed by atoms with Crippen molar-refractivity contribution in [3.05, 3.63) is 99.2 Å². The number of benzene rings is 2. The standard InChI is InChI=1S/C30H32F2N6O3S/c1-18(25-19(2)34-26(42-25)37-15-30(6,16-37)35-27(39)41-29(3,4)5)20-10-12-21(13-11-20)38-28(40)36(17-33-38)14-22-23(31)8-7-9-24(22)32/h7-13,17H,1,14-16H2,2-6H3,(H,35,39). The van der Waals surface area contributed by atoms with Gasteiger partial charge in [0.2, 0.25) is 0 Å². The topological polar surface area (TPSA) is 94.3 Å². The number of carbonyl (C=O) groups excluding carboxylic acids is 1. The molecule has 12 heteroatoms. The van der Waals surface area contributed by atoms with Crippen LogP contribution in [0.3, 0.4) is 0 Å². The van der Waals surface area contributed by atoms with Crippen molar-refractivity contribution in [3.8, 4) is 5.69 Å². The predicted molar refractivity (Wildman–Crippen MR) is 158 cm³/mol. The fraction of sp³-hybridized carbons (Fsp3) is 0.333. The van der Waals surface area contributed by atoms with Gasteiger partial charge in [-0.1, -0.05) is 36.1 Å². The van der Waals surface area contributed by atoms with E-state index in [1.165, 1.54) is 28.4 Å². The highest BCUT2D eigenvalue weighted by atomic mass is 32.1. The fourth-order valence-electron chi connectivity index (χ4n) is 4.77. The molecular weight excluding hydrogens is 562 g/mol. The minimum absolute atomic E-state index is 0.202. The Morgan fingerprint density at radius 1 is 1.14 bits per heavy atom. The summed E-state index contributed by atoms with van der Waals surface area (Å²) in [5.41, 5.74) is 1.27. The molecule has 0 atom stereocenters. The number of halogens is 2. The van der Waals surface area contributed by atoms with Crippen molar-refractivity contribution < 1.29 is 18.3 Å². The van der Waals surface area contributed by atoms with Crippen molar-refractivity contribution in [2.75, 3.05) is 18.0 Å². The van der Waals surface area contributed by atoms with Crippen LogP contribution >= 0.6 is 11.3 Å². The van der Waals surface area contributed by atoms with E-state index < -0.39 is 34.6 Å². The summed E-state index contributed by atoms with van der Waals surface area (Å²) in [6.07, 6.45) is 0.818. The van der Waals surface area contributed by atoms with E-state index in [0.29, 0.717) is 18.8 Å². The van der Waals surface area contributed by atoms with Gasteiger partial charge in [-0.25, -0.2) is 23.4 Å². The van der Waals surface area contributed by atoms with Crippen LogP contribution in [-0.2, 0) is 11.3 Å². The molecule has 1 N–H and O–H groups in total. The Hall–Kier alpha value is -4.32. The number of rotatable bonds is 7. The van der Waals surface area contributed by atoms with Crippen LogP contribution in [0.15, 0.2) is 60.2 Å². The Morgan fingerprint density at radius 3 is 2.40 bits per heavy atom. The molecule has 0 saturated carbocycles. The van der Waals surface area contributed by atoms with Gasteiger partial charge in [-0.2, -0.15) is 9.78 Å². The van der Waals surface area contributed by atoms with Gasteiger partial charge in [0, 0.05) is 18.7 Å². The van der Waals surface area contributed by atoms with E-state index in [1.54, 1.807) is 12.1 Å². The van der Waals surface area contributed by atoms with Crippen LogP contribution < -0.4 is 15.9 Å². The summed E-state index contributed by atoms with van der Waals surface area (Å²) in [7, 11) is 0. The number of hydrogen-bond donors (Lipinski definition) is 1. The molecule has 0 radical (unpaired) electrons. The van der Waals surface area contributed by atoms with Crippen LogP contribution in [0.25, 0.3) is 11.3 Å². The van der Waals surface area contributed by atoms with Gasteiger partial charge in [-0.3, -0.25) is 4.57 Å². The van der Waals surface area contributed by atoms with Gasteiger partial charge < -0.3 is 15.0 Å². The number of hydrogen-bond acceptors (Lipinski definition) is 7. The third-order valence-corrected chi connectivity index (χ3v) is 8.07. The molecule has 2 aromatic carbocycles. The molecule has 3 heterocycles. The number of ether oxygens (including phenoxy) is 1. The first-order valence-corrected chi connectivity index (χ1v) is 14.2. The molecule has 42 heavy (non-hydrogen) atoms. The third kappa shape index (κ3) is 5.98. The minimum atomic E-state index is -0.723. The van der Waals surface area contributed by atoms with Gasteiger partial charge in [0.1, 0.15) is 23.6 Å². The second-order valence-electron chi connectivity index (χ2n) is 11.6. The molecule has 1 fully saturated rings. The van der Waals surface area contributed by atoms with Crippen molar-refractivity contribution in [3.63, 3.8) is 0 Å². The van der Waals surface area contributed by atoms with Crippen molar-refractivity contribution in [1.29, 1.82) is 0 Å². The van der Waals surface area contributed by atoms with E-state index in [0.717, 1.165) is 43.5 Å². The molecule has 1 saturated heterocycles. The van der Waals surface area contributed by atoms with Crippen molar-refractivity contribution in [1.82, 2.24) is 24.6 Å². The van der Waals surface area contributed by atoms with E-state index in [2.05, 4.69) is 21.9 Å². The molecule has 0 unspecified atom stereocenters. The number of aryl methyl sites for hydroxylation is 1. The highest BCUT2D eigenvalue weighted by Crippen LogP contribution is 2.37. The molecule has 9 nitrogen and oxygen atoms in total. The molecule has 2 aromatic heterocycles. The van der Waals surface area contributed by atoms with Crippen LogP contribution in [0.4, 0.5) is 18.7 Å². The molecule has 0 bridgehead atoms. The minimum Gasteiger partial charge on any atom is -0.444 e. The first kappa shape index (κ1) is 29.2. The molecule has 1 amide bonds. The van der Waals surface area contributed by atoms with Gasteiger partial charge in [-0.05, 0) is 70.0 Å². The number of alkyl carbamates (subject to hydrolysis) is 1. The molecule has 1 aliphatic heterocycles. The first-order chi connectivity index (χ1) is 19.7. The fourth-order valence-corrected chi connectivity index (χ4v) is 5.82. The number of aromatic nitrogens is 4. The summed E-state index contributed by atoms with van der Waals surface area (Å²) in [4.78, 5) is 32.9. The summed E-state index contributed by atoms with van der Waals surface area (Å²) >= 11 is 1.52. The number of carbonyl (C=O) groups is 1. The maximum atomic E-state index is 14.1. The average Bonchev–Trinajstić information content (AvgIpc) is 3.45. The predicted octanol–water partition coefficient (Wildman–Crippen LogP) is 5.29. The lowest BCUT2D eigenvalue weighted by Crippen LogP contribution is -2.69. The van der Waals surface area contributed by atoms with Gasteiger partial charge >= 0.3 is 11.8 Å². The van der Waals surface area contributed by atoms with Gasteiger partial charge in [0.05, 0.1) is 28.3 Å². The SMILES string of the molecule is C=C(c1ccc(-n2ncn(Cc3c(F)cccc3F)c2=O)cc1)c1sc(N2CC(C)(NC(=O)OC(C)(C)C)C2)nc1C. The second kappa shape index (κ2) is 10.8. The van der Waals surface area contributed by atoms with E-state index in [1.807, 2.05) is 46.8 Å². The van der Waals surface area contributed by atoms with E-state index in [-0.39, 0.29) is 12.1 Å². The van der Waals surface area contributed by atoms with Crippen molar-refractivity contribution in [2.45, 2.75) is 52.3 Å². The maximum Gasteiger partial charge on any atom is 0.408 e. The zero-order valence-corrected chi connectivity index (χ0v) is 24.9. The summed E-state index contributed by atoms with van der Waals surface area (Å²) in [5, 5.41) is 7.92. The number of nitrogens with zero attached hydrogens (tertiary/aromatic N) is 5. The average molecular weight is 595 g/mol. The Kier molecular flexibility index (Phi) is 7.52. The Labute approximate surface area is 246 Å². The van der Waals surface area contributed by atoms with Crippen molar-refractivity contribution in [2.24, 2.45) is 0 Å². The molecule has 220 valence electrons. The summed E-state index contributed by atoms with van der Waals surface area (Å²) < 4.78 is 35.8. The van der Waals surface area contributed by atoms with Crippen LogP contribution in [-0.4, -0.2) is 49.7 Å². The zero-order chi connectivity index (χ0) is 30.4. The van der Waals surface area contributed by atoms with Crippen LogP contribution in [0.2, 0.25) is 0 Å². The molecule has 0 spiro atoms. The van der Waals surface area contributed by atoms with E-state index in [9.17, 15) is 18.4 Å². The van der Waals surface area contributed by atoms with E-state index >= 15 is 0 Å². The highest BCUT2D eigenvalue weighted by Gasteiger charge is 2.42. The molecular formula is C30H32F2N6O3S. The quantitative estimate of drug-likeness (QED) is 0.313. The normalized spacial score (nSPS) is 14.4. The molecule has 4 aromatic rings. The van der Waals surface area contributed by atoms with E-state index in [4.69, 9.17) is 9.72 Å². The van der Waals surface area contributed by atoms with Crippen LogP contribution in [0.1, 0.15) is 49.4 Å².